The first kappa shape index (κ1) is 22.0. The number of rotatable bonds is 8. The van der Waals surface area contributed by atoms with E-state index in [9.17, 15) is 5.11 Å². The number of hydrogen-bond acceptors (Lipinski definition) is 4. The molecule has 3 saturated heterocycles. The zero-order chi connectivity index (χ0) is 22.6. The van der Waals surface area contributed by atoms with Crippen LogP contribution in [0, 0.1) is 5.92 Å². The van der Waals surface area contributed by atoms with Crippen LogP contribution in [0.25, 0.3) is 0 Å². The molecule has 6 rings (SSSR count). The Labute approximate surface area is 197 Å². The van der Waals surface area contributed by atoms with Gasteiger partial charge in [0.05, 0.1) is 12.3 Å². The Morgan fingerprint density at radius 1 is 0.879 bits per heavy atom. The van der Waals surface area contributed by atoms with Crippen LogP contribution in [0.2, 0.25) is 0 Å². The Hall–Kier alpha value is -2.82. The van der Waals surface area contributed by atoms with Gasteiger partial charge >= 0.3 is 0 Å². The molecule has 0 unspecified atom stereocenters. The lowest BCUT2D eigenvalue weighted by atomic mass is 9.70. The molecule has 3 aliphatic heterocycles. The van der Waals surface area contributed by atoms with Crippen molar-refractivity contribution in [1.82, 2.24) is 4.90 Å². The summed E-state index contributed by atoms with van der Waals surface area (Å²) in [6.07, 6.45) is 2.48. The highest BCUT2D eigenvalue weighted by Crippen LogP contribution is 2.45. The number of para-hydroxylation sites is 2. The van der Waals surface area contributed by atoms with Gasteiger partial charge in [0, 0.05) is 25.0 Å². The van der Waals surface area contributed by atoms with Crippen molar-refractivity contribution in [3.8, 4) is 5.75 Å². The van der Waals surface area contributed by atoms with E-state index in [0.717, 1.165) is 11.4 Å². The molecule has 3 heterocycles. The van der Waals surface area contributed by atoms with Crippen molar-refractivity contribution in [3.63, 3.8) is 0 Å². The lowest BCUT2D eigenvalue weighted by Crippen LogP contribution is -2.65. The van der Waals surface area contributed by atoms with Crippen LogP contribution in [-0.2, 0) is 0 Å². The second-order valence-corrected chi connectivity index (χ2v) is 9.30. The Balaban J connectivity index is 1.58. The maximum absolute atomic E-state index is 9.31. The number of ether oxygens (including phenoxy) is 1. The van der Waals surface area contributed by atoms with Crippen molar-refractivity contribution in [2.45, 2.75) is 30.8 Å². The van der Waals surface area contributed by atoms with Crippen LogP contribution in [0.4, 0.5) is 5.69 Å². The van der Waals surface area contributed by atoms with Crippen LogP contribution in [0.15, 0.2) is 84.9 Å². The average Bonchev–Trinajstić information content (AvgIpc) is 2.89. The van der Waals surface area contributed by atoms with E-state index in [1.165, 1.54) is 37.1 Å². The fourth-order valence-corrected chi connectivity index (χ4v) is 6.10. The monoisotopic (exact) mass is 442 g/mol. The number of piperidine rings is 3. The van der Waals surface area contributed by atoms with Crippen LogP contribution in [0.1, 0.15) is 29.9 Å². The first-order valence-electron chi connectivity index (χ1n) is 12.2. The molecule has 0 aliphatic carbocycles. The zero-order valence-corrected chi connectivity index (χ0v) is 19.4. The molecular weight excluding hydrogens is 408 g/mol. The molecule has 4 nitrogen and oxygen atoms in total. The predicted molar refractivity (Wildman–Crippen MR) is 134 cm³/mol. The Bertz CT molecular complexity index is 979. The van der Waals surface area contributed by atoms with E-state index in [2.05, 4.69) is 89.6 Å². The van der Waals surface area contributed by atoms with Crippen LogP contribution in [-0.4, -0.2) is 55.4 Å². The van der Waals surface area contributed by atoms with Gasteiger partial charge in [0.15, 0.2) is 0 Å². The predicted octanol–water partition coefficient (Wildman–Crippen LogP) is 4.79. The van der Waals surface area contributed by atoms with E-state index in [1.54, 1.807) is 0 Å². The van der Waals surface area contributed by atoms with Crippen molar-refractivity contribution >= 4 is 5.69 Å². The molecule has 1 N–H and O–H groups in total. The van der Waals surface area contributed by atoms with E-state index in [0.29, 0.717) is 30.5 Å². The molecule has 2 atom stereocenters. The lowest BCUT2D eigenvalue weighted by molar-refractivity contribution is 0.0184. The average molecular weight is 443 g/mol. The normalized spacial score (nSPS) is 24.1. The minimum atomic E-state index is 0.0184. The van der Waals surface area contributed by atoms with Gasteiger partial charge < -0.3 is 14.7 Å². The van der Waals surface area contributed by atoms with Gasteiger partial charge in [-0.05, 0) is 55.1 Å². The smallest absolute Gasteiger partial charge is 0.142 e. The number of aliphatic hydroxyl groups excluding tert-OH is 1. The molecule has 0 aromatic heterocycles. The van der Waals surface area contributed by atoms with Gasteiger partial charge in [-0.3, -0.25) is 4.90 Å². The van der Waals surface area contributed by atoms with Crippen LogP contribution in [0.5, 0.6) is 5.75 Å². The second-order valence-electron chi connectivity index (χ2n) is 9.30. The van der Waals surface area contributed by atoms with Crippen LogP contribution < -0.4 is 9.64 Å². The fourth-order valence-electron chi connectivity index (χ4n) is 6.10. The quantitative estimate of drug-likeness (QED) is 0.544. The number of fused-ring (bicyclic) bond motifs is 3. The summed E-state index contributed by atoms with van der Waals surface area (Å²) in [6, 6.07) is 31.0. The Kier molecular flexibility index (Phi) is 6.65. The number of nitrogens with zero attached hydrogens (tertiary/aromatic N) is 2. The van der Waals surface area contributed by atoms with E-state index in [-0.39, 0.29) is 6.61 Å². The third-order valence-electron chi connectivity index (χ3n) is 7.53. The van der Waals surface area contributed by atoms with Gasteiger partial charge in [0.1, 0.15) is 12.4 Å². The summed E-state index contributed by atoms with van der Waals surface area (Å²) in [5, 5.41) is 9.31. The van der Waals surface area contributed by atoms with E-state index in [1.807, 2.05) is 12.1 Å². The molecule has 3 aromatic rings. The van der Waals surface area contributed by atoms with E-state index >= 15 is 0 Å². The van der Waals surface area contributed by atoms with E-state index in [4.69, 9.17) is 4.74 Å². The fraction of sp³-hybridized carbons (Fsp3) is 0.379. The summed E-state index contributed by atoms with van der Waals surface area (Å²) in [5.41, 5.74) is 3.86. The summed E-state index contributed by atoms with van der Waals surface area (Å²) < 4.78 is 5.94. The second kappa shape index (κ2) is 9.98. The zero-order valence-electron chi connectivity index (χ0n) is 19.4. The number of benzene rings is 3. The molecule has 3 fully saturated rings. The van der Waals surface area contributed by atoms with Crippen LogP contribution in [0.3, 0.4) is 0 Å². The maximum Gasteiger partial charge on any atom is 0.142 e. The van der Waals surface area contributed by atoms with Crippen molar-refractivity contribution in [1.29, 1.82) is 0 Å². The van der Waals surface area contributed by atoms with Crippen molar-refractivity contribution in [3.05, 3.63) is 96.1 Å². The Morgan fingerprint density at radius 3 is 2.06 bits per heavy atom. The molecule has 0 radical (unpaired) electrons. The maximum atomic E-state index is 9.31. The van der Waals surface area contributed by atoms with Crippen molar-refractivity contribution in [2.24, 2.45) is 5.92 Å². The van der Waals surface area contributed by atoms with Gasteiger partial charge in [0.2, 0.25) is 0 Å². The van der Waals surface area contributed by atoms with Crippen LogP contribution >= 0.6 is 0 Å². The lowest BCUT2D eigenvalue weighted by Gasteiger charge is -2.56. The largest absolute Gasteiger partial charge is 0.489 e. The first-order valence-corrected chi connectivity index (χ1v) is 12.2. The molecule has 2 bridgehead atoms. The standard InChI is InChI=1S/C29H34N2O2/c1-30(25-14-8-9-15-26(25)33-21-20-32)28-24-16-18-31(19-17-24)29(28)27(22-10-4-2-5-11-22)23-12-6-3-7-13-23/h2-15,24,27-29,32H,16-21H2,1H3/t28-,29-/m1/s1. The SMILES string of the molecule is CN(c1ccccc1OCCO)[C@@H]1C2CCN(CC2)[C@@H]1C(c1ccccc1)c1ccccc1. The minimum Gasteiger partial charge on any atom is -0.489 e. The first-order chi connectivity index (χ1) is 16.3. The van der Waals surface area contributed by atoms with Gasteiger partial charge in [-0.25, -0.2) is 0 Å². The minimum absolute atomic E-state index is 0.0184. The molecule has 3 aliphatic rings. The summed E-state index contributed by atoms with van der Waals surface area (Å²) in [4.78, 5) is 5.19. The van der Waals surface area contributed by atoms with E-state index < -0.39 is 0 Å². The molecule has 4 heteroatoms. The summed E-state index contributed by atoms with van der Waals surface area (Å²) in [7, 11) is 2.23. The molecular formula is C29H34N2O2. The molecule has 3 aromatic carbocycles. The highest BCUT2D eigenvalue weighted by Gasteiger charge is 2.48. The molecule has 33 heavy (non-hydrogen) atoms. The number of hydrogen-bond donors (Lipinski definition) is 1. The third-order valence-corrected chi connectivity index (χ3v) is 7.53. The highest BCUT2D eigenvalue weighted by molar-refractivity contribution is 5.59. The molecule has 0 spiro atoms. The third kappa shape index (κ3) is 4.38. The number of aliphatic hydroxyl groups is 1. The van der Waals surface area contributed by atoms with Crippen molar-refractivity contribution < 1.29 is 9.84 Å². The van der Waals surface area contributed by atoms with Gasteiger partial charge in [-0.2, -0.15) is 0 Å². The number of anilines is 1. The summed E-state index contributed by atoms with van der Waals surface area (Å²) >= 11 is 0. The molecule has 0 saturated carbocycles. The van der Waals surface area contributed by atoms with Gasteiger partial charge in [0.25, 0.3) is 0 Å². The van der Waals surface area contributed by atoms with Gasteiger partial charge in [-0.1, -0.05) is 72.8 Å². The molecule has 0 amide bonds. The summed E-state index contributed by atoms with van der Waals surface area (Å²) in [6.45, 7) is 2.66. The molecule has 172 valence electrons. The topological polar surface area (TPSA) is 35.9 Å². The van der Waals surface area contributed by atoms with Crippen molar-refractivity contribution in [2.75, 3.05) is 38.3 Å². The summed E-state index contributed by atoms with van der Waals surface area (Å²) in [5.74, 6) is 1.79. The number of likely N-dealkylation sites (N-methyl/N-ethyl adjacent to an activating group) is 1. The Morgan fingerprint density at radius 2 is 1.45 bits per heavy atom. The van der Waals surface area contributed by atoms with Gasteiger partial charge in [-0.15, -0.1) is 0 Å². The highest BCUT2D eigenvalue weighted by atomic mass is 16.5.